The number of carbonyl (C=O) groups is 1. The van der Waals surface area contributed by atoms with E-state index in [4.69, 9.17) is 15.4 Å². The highest BCUT2D eigenvalue weighted by atomic mass is 16.5. The van der Waals surface area contributed by atoms with Crippen molar-refractivity contribution in [1.82, 2.24) is 0 Å². The van der Waals surface area contributed by atoms with Gasteiger partial charge in [-0.1, -0.05) is 60.6 Å². The molecule has 0 unspecified atom stereocenters. The topological polar surface area (TPSA) is 116 Å². The van der Waals surface area contributed by atoms with Gasteiger partial charge in [-0.05, 0) is 62.3 Å². The van der Waals surface area contributed by atoms with E-state index in [0.29, 0.717) is 32.4 Å². The van der Waals surface area contributed by atoms with Gasteiger partial charge in [-0.15, -0.1) is 0 Å². The number of aliphatic hydroxyl groups is 1. The first-order chi connectivity index (χ1) is 15.1. The monoisotopic (exact) mass is 431 g/mol. The molecule has 0 aromatic heterocycles. The molecule has 1 rings (SSSR count). The molecule has 0 bridgehead atoms. The predicted octanol–water partition coefficient (Wildman–Crippen LogP) is 5.74. The molecule has 0 aromatic rings. The third kappa shape index (κ3) is 15.2. The molecule has 0 heterocycles. The van der Waals surface area contributed by atoms with Crippen molar-refractivity contribution in [2.24, 2.45) is 17.0 Å². The summed E-state index contributed by atoms with van der Waals surface area (Å²) in [5.41, 5.74) is 8.29. The summed E-state index contributed by atoms with van der Waals surface area (Å²) < 4.78 is 5.79. The molecule has 1 saturated carbocycles. The Morgan fingerprint density at radius 1 is 1.16 bits per heavy atom. The lowest BCUT2D eigenvalue weighted by molar-refractivity contribution is -0.137. The van der Waals surface area contributed by atoms with Crippen molar-refractivity contribution >= 4 is 5.97 Å². The van der Waals surface area contributed by atoms with Crippen LogP contribution in [0.2, 0.25) is 0 Å². The summed E-state index contributed by atoms with van der Waals surface area (Å²) in [5, 5.41) is 21.7. The fourth-order valence-electron chi connectivity index (χ4n) is 3.17. The molecule has 0 aromatic carbocycles. The Morgan fingerprint density at radius 2 is 1.84 bits per heavy atom. The smallest absolute Gasteiger partial charge is 0.303 e. The Bertz CT molecular complexity index is 666. The van der Waals surface area contributed by atoms with Gasteiger partial charge in [-0.25, -0.2) is 0 Å². The third-order valence-electron chi connectivity index (χ3n) is 5.20. The second-order valence-corrected chi connectivity index (χ2v) is 7.83. The van der Waals surface area contributed by atoms with E-state index in [1.807, 2.05) is 43.4 Å². The maximum Gasteiger partial charge on any atom is 0.303 e. The average molecular weight is 432 g/mol. The molecule has 0 amide bonds. The summed E-state index contributed by atoms with van der Waals surface area (Å²) in [6.07, 6.45) is 21.7. The van der Waals surface area contributed by atoms with Crippen LogP contribution in [-0.4, -0.2) is 41.5 Å². The van der Waals surface area contributed by atoms with E-state index in [1.54, 1.807) is 0 Å². The van der Waals surface area contributed by atoms with Gasteiger partial charge in [0, 0.05) is 24.5 Å². The van der Waals surface area contributed by atoms with Gasteiger partial charge in [0.15, 0.2) is 0 Å². The van der Waals surface area contributed by atoms with E-state index in [1.165, 1.54) is 6.42 Å². The zero-order valence-corrected chi connectivity index (χ0v) is 18.6. The normalized spacial score (nSPS) is 20.6. The van der Waals surface area contributed by atoms with Crippen molar-refractivity contribution < 1.29 is 19.7 Å². The van der Waals surface area contributed by atoms with Crippen LogP contribution >= 0.6 is 0 Å². The number of carboxylic acid groups (broad SMARTS) is 1. The fourth-order valence-corrected chi connectivity index (χ4v) is 3.17. The number of ether oxygens (including phenoxy) is 1. The largest absolute Gasteiger partial charge is 0.481 e. The molecule has 1 fully saturated rings. The van der Waals surface area contributed by atoms with Crippen molar-refractivity contribution in [1.29, 1.82) is 0 Å². The van der Waals surface area contributed by atoms with Crippen molar-refractivity contribution in [3.05, 3.63) is 59.1 Å². The van der Waals surface area contributed by atoms with Crippen molar-refractivity contribution in [2.75, 3.05) is 13.2 Å². The maximum absolute atomic E-state index is 10.7. The summed E-state index contributed by atoms with van der Waals surface area (Å²) >= 11 is 0. The fraction of sp³-hybridized carbons (Fsp3) is 0.625. The van der Waals surface area contributed by atoms with Crippen molar-refractivity contribution in [3.8, 4) is 0 Å². The molecule has 7 heteroatoms. The van der Waals surface area contributed by atoms with E-state index in [0.717, 1.165) is 31.1 Å². The molecule has 172 valence electrons. The minimum absolute atomic E-state index is 0.131. The number of azide groups is 1. The number of aliphatic carboxylic acids is 1. The second kappa shape index (κ2) is 17.4. The number of hydrogen-bond acceptors (Lipinski definition) is 4. The number of aliphatic hydroxyl groups excluding tert-OH is 1. The Morgan fingerprint density at radius 3 is 2.45 bits per heavy atom. The minimum Gasteiger partial charge on any atom is -0.481 e. The Kier molecular flexibility index (Phi) is 14.9. The van der Waals surface area contributed by atoms with E-state index in [9.17, 15) is 9.90 Å². The predicted molar refractivity (Wildman–Crippen MR) is 124 cm³/mol. The van der Waals surface area contributed by atoms with E-state index in [-0.39, 0.29) is 18.6 Å². The highest BCUT2D eigenvalue weighted by molar-refractivity contribution is 5.66. The number of carboxylic acids is 1. The first-order valence-electron chi connectivity index (χ1n) is 11.3. The van der Waals surface area contributed by atoms with Crippen LogP contribution in [0.15, 0.2) is 53.7 Å². The molecular weight excluding hydrogens is 394 g/mol. The summed E-state index contributed by atoms with van der Waals surface area (Å²) in [6, 6.07) is 0. The molecule has 1 aliphatic carbocycles. The van der Waals surface area contributed by atoms with Crippen LogP contribution in [0.3, 0.4) is 0 Å². The molecule has 7 nitrogen and oxygen atoms in total. The molecular formula is C24H37N3O4. The van der Waals surface area contributed by atoms with E-state index in [2.05, 4.69) is 22.2 Å². The van der Waals surface area contributed by atoms with E-state index < -0.39 is 5.97 Å². The SMILES string of the molecule is CC[C@@H](O)/C=C/C=C\C[C@H]1C[C@H]1C/C=C\C=C\[C@H](CCCC(=O)O)OCCCN=[N+]=[N-]. The van der Waals surface area contributed by atoms with Crippen LogP contribution < -0.4 is 0 Å². The third-order valence-corrected chi connectivity index (χ3v) is 5.20. The molecule has 0 aliphatic heterocycles. The summed E-state index contributed by atoms with van der Waals surface area (Å²) in [7, 11) is 0. The Hall–Kier alpha value is -2.34. The number of allylic oxidation sites excluding steroid dienone is 6. The quantitative estimate of drug-likeness (QED) is 0.0946. The van der Waals surface area contributed by atoms with Gasteiger partial charge in [0.25, 0.3) is 0 Å². The summed E-state index contributed by atoms with van der Waals surface area (Å²) in [4.78, 5) is 13.4. The van der Waals surface area contributed by atoms with Gasteiger partial charge < -0.3 is 14.9 Å². The van der Waals surface area contributed by atoms with Crippen LogP contribution in [-0.2, 0) is 9.53 Å². The lowest BCUT2D eigenvalue weighted by Crippen LogP contribution is -2.12. The standard InChI is InChI=1S/C24H37N3O4/c1-2-22(28)13-7-3-5-11-20-19-21(20)12-6-4-8-14-23(15-9-16-24(29)30)31-18-10-17-26-27-25/h3-8,13-14,20-23,28H,2,9-12,15-19H2,1H3,(H,29,30)/b5-3-,6-4-,13-7+,14-8+/t20-,21+,22+,23+/m0/s1. The van der Waals surface area contributed by atoms with Gasteiger partial charge in [0.2, 0.25) is 0 Å². The van der Waals surface area contributed by atoms with Crippen LogP contribution in [0.1, 0.15) is 58.3 Å². The molecule has 0 saturated heterocycles. The summed E-state index contributed by atoms with van der Waals surface area (Å²) in [5.74, 6) is 0.690. The lowest BCUT2D eigenvalue weighted by atomic mass is 10.1. The zero-order valence-electron chi connectivity index (χ0n) is 18.6. The highest BCUT2D eigenvalue weighted by Crippen LogP contribution is 2.44. The first kappa shape index (κ1) is 26.7. The number of nitrogens with zero attached hydrogens (tertiary/aromatic N) is 3. The van der Waals surface area contributed by atoms with Crippen LogP contribution in [0.4, 0.5) is 0 Å². The Balaban J connectivity index is 2.28. The molecule has 2 N–H and O–H groups in total. The van der Waals surface area contributed by atoms with E-state index >= 15 is 0 Å². The first-order valence-corrected chi connectivity index (χ1v) is 11.3. The van der Waals surface area contributed by atoms with Crippen molar-refractivity contribution in [3.63, 3.8) is 0 Å². The van der Waals surface area contributed by atoms with Crippen LogP contribution in [0.25, 0.3) is 10.4 Å². The van der Waals surface area contributed by atoms with Gasteiger partial charge in [-0.3, -0.25) is 4.79 Å². The van der Waals surface area contributed by atoms with Gasteiger partial charge in [-0.2, -0.15) is 0 Å². The molecule has 0 radical (unpaired) electrons. The number of hydrogen-bond donors (Lipinski definition) is 2. The lowest BCUT2D eigenvalue weighted by Gasteiger charge is -2.13. The minimum atomic E-state index is -0.797. The maximum atomic E-state index is 10.7. The van der Waals surface area contributed by atoms with Crippen LogP contribution in [0, 0.1) is 11.8 Å². The number of rotatable bonds is 18. The van der Waals surface area contributed by atoms with Gasteiger partial charge in [0.1, 0.15) is 0 Å². The van der Waals surface area contributed by atoms with Gasteiger partial charge in [0.05, 0.1) is 12.2 Å². The highest BCUT2D eigenvalue weighted by Gasteiger charge is 2.34. The average Bonchev–Trinajstić information content (AvgIpc) is 3.50. The zero-order chi connectivity index (χ0) is 22.7. The molecule has 31 heavy (non-hydrogen) atoms. The van der Waals surface area contributed by atoms with Gasteiger partial charge >= 0.3 is 5.97 Å². The second-order valence-electron chi connectivity index (χ2n) is 7.83. The summed E-state index contributed by atoms with van der Waals surface area (Å²) in [6.45, 7) is 2.84. The molecule has 4 atom stereocenters. The van der Waals surface area contributed by atoms with Crippen molar-refractivity contribution in [2.45, 2.75) is 70.5 Å². The molecule has 0 spiro atoms. The molecule has 1 aliphatic rings. The van der Waals surface area contributed by atoms with Crippen LogP contribution in [0.5, 0.6) is 0 Å². The Labute approximate surface area is 185 Å².